The molecule has 0 aliphatic heterocycles. The van der Waals surface area contributed by atoms with Crippen molar-refractivity contribution in [2.45, 2.75) is 0 Å². The predicted octanol–water partition coefficient (Wildman–Crippen LogP) is -0.0696. The summed E-state index contributed by atoms with van der Waals surface area (Å²) in [5, 5.41) is 15.6. The molecule has 0 radical (unpaired) electrons. The summed E-state index contributed by atoms with van der Waals surface area (Å²) in [6, 6.07) is 1.06. The van der Waals surface area contributed by atoms with Gasteiger partial charge < -0.3 is 10.6 Å². The lowest BCUT2D eigenvalue weighted by atomic mass is 10.3. The van der Waals surface area contributed by atoms with Crippen LogP contribution in [0.3, 0.4) is 0 Å². The first-order valence-electron chi connectivity index (χ1n) is 2.85. The summed E-state index contributed by atoms with van der Waals surface area (Å²) in [6.45, 7) is 0. The Morgan fingerprint density at radius 2 is 2.36 bits per heavy atom. The van der Waals surface area contributed by atoms with Gasteiger partial charge in [0.2, 0.25) is 0 Å². The van der Waals surface area contributed by atoms with Crippen LogP contribution in [-0.4, -0.2) is 11.4 Å². The zero-order valence-corrected chi connectivity index (χ0v) is 5.58. The molecule has 0 amide bonds. The Hall–Kier alpha value is -1.65. The van der Waals surface area contributed by atoms with E-state index in [2.05, 4.69) is 0 Å². The number of nitrogen functional groups attached to an aromatic ring is 1. The van der Waals surface area contributed by atoms with Crippen molar-refractivity contribution < 1.29 is 14.3 Å². The SMILES string of the molecule is N=Cc1cc(F)c[n+](O)c1N. The van der Waals surface area contributed by atoms with Crippen LogP contribution in [0.4, 0.5) is 10.2 Å². The highest BCUT2D eigenvalue weighted by Gasteiger charge is 2.10. The molecule has 5 heteroatoms. The van der Waals surface area contributed by atoms with E-state index in [4.69, 9.17) is 16.4 Å². The van der Waals surface area contributed by atoms with Gasteiger partial charge in [-0.15, -0.1) is 0 Å². The van der Waals surface area contributed by atoms with Gasteiger partial charge in [0.1, 0.15) is 0 Å². The highest BCUT2D eigenvalue weighted by molar-refractivity contribution is 5.82. The monoisotopic (exact) mass is 156 g/mol. The molecule has 0 saturated carbocycles. The molecule has 0 aliphatic carbocycles. The van der Waals surface area contributed by atoms with Crippen molar-refractivity contribution in [2.24, 2.45) is 0 Å². The molecule has 0 aromatic carbocycles. The van der Waals surface area contributed by atoms with Gasteiger partial charge >= 0.3 is 5.82 Å². The standard InChI is InChI=1S/C6H6FN3O/c7-5-1-4(2-8)6(9)10(11)3-5/h1-3,8-9,11H/p+1. The molecule has 4 nitrogen and oxygen atoms in total. The van der Waals surface area contributed by atoms with Crippen molar-refractivity contribution >= 4 is 12.0 Å². The first-order chi connectivity index (χ1) is 5.15. The van der Waals surface area contributed by atoms with E-state index in [1.54, 1.807) is 0 Å². The van der Waals surface area contributed by atoms with Crippen LogP contribution in [0, 0.1) is 11.2 Å². The topological polar surface area (TPSA) is 74.0 Å². The first kappa shape index (κ1) is 7.46. The Morgan fingerprint density at radius 1 is 1.73 bits per heavy atom. The van der Waals surface area contributed by atoms with Crippen LogP contribution in [0.5, 0.6) is 0 Å². The zero-order valence-electron chi connectivity index (χ0n) is 5.58. The molecule has 1 aromatic rings. The number of rotatable bonds is 1. The third-order valence-corrected chi connectivity index (χ3v) is 1.24. The van der Waals surface area contributed by atoms with E-state index >= 15 is 0 Å². The van der Waals surface area contributed by atoms with Crippen molar-refractivity contribution in [1.29, 1.82) is 5.41 Å². The molecular formula is C6H7FN3O+. The van der Waals surface area contributed by atoms with E-state index in [0.717, 1.165) is 18.5 Å². The van der Waals surface area contributed by atoms with Crippen LogP contribution < -0.4 is 10.5 Å². The van der Waals surface area contributed by atoms with E-state index in [1.807, 2.05) is 0 Å². The van der Waals surface area contributed by atoms with Crippen LogP contribution >= 0.6 is 0 Å². The van der Waals surface area contributed by atoms with Crippen LogP contribution in [0.2, 0.25) is 0 Å². The lowest BCUT2D eigenvalue weighted by Crippen LogP contribution is -2.35. The van der Waals surface area contributed by atoms with Gasteiger partial charge in [-0.25, -0.2) is 4.39 Å². The number of aromatic nitrogens is 1. The number of halogens is 1. The van der Waals surface area contributed by atoms with Gasteiger partial charge in [0.15, 0.2) is 12.0 Å². The molecule has 4 N–H and O–H groups in total. The van der Waals surface area contributed by atoms with Crippen LogP contribution in [0.15, 0.2) is 12.3 Å². The van der Waals surface area contributed by atoms with Crippen molar-refractivity contribution in [1.82, 2.24) is 0 Å². The van der Waals surface area contributed by atoms with Crippen molar-refractivity contribution in [3.8, 4) is 0 Å². The second kappa shape index (κ2) is 2.53. The Labute approximate surface area is 62.2 Å². The Morgan fingerprint density at radius 3 is 2.91 bits per heavy atom. The quantitative estimate of drug-likeness (QED) is 0.302. The summed E-state index contributed by atoms with van der Waals surface area (Å²) in [6.07, 6.45) is 1.69. The average molecular weight is 156 g/mol. The molecule has 0 aliphatic rings. The molecule has 0 atom stereocenters. The minimum Gasteiger partial charge on any atom is -0.350 e. The summed E-state index contributed by atoms with van der Waals surface area (Å²) >= 11 is 0. The van der Waals surface area contributed by atoms with Gasteiger partial charge in [-0.2, -0.15) is 0 Å². The van der Waals surface area contributed by atoms with Gasteiger partial charge in [-0.3, -0.25) is 5.73 Å². The molecule has 0 bridgehead atoms. The number of anilines is 1. The van der Waals surface area contributed by atoms with Gasteiger partial charge in [0.05, 0.1) is 5.56 Å². The Bertz CT molecular complexity index is 300. The molecule has 1 rings (SSSR count). The maximum absolute atomic E-state index is 12.5. The number of hydrogen-bond acceptors (Lipinski definition) is 3. The van der Waals surface area contributed by atoms with Crippen LogP contribution in [-0.2, 0) is 0 Å². The molecule has 0 unspecified atom stereocenters. The van der Waals surface area contributed by atoms with Crippen LogP contribution in [0.1, 0.15) is 5.56 Å². The van der Waals surface area contributed by atoms with Gasteiger partial charge in [0, 0.05) is 6.21 Å². The largest absolute Gasteiger partial charge is 0.350 e. The third kappa shape index (κ3) is 1.26. The van der Waals surface area contributed by atoms with Crippen molar-refractivity contribution in [2.75, 3.05) is 5.73 Å². The van der Waals surface area contributed by atoms with E-state index < -0.39 is 5.82 Å². The van der Waals surface area contributed by atoms with E-state index in [1.165, 1.54) is 0 Å². The molecular weight excluding hydrogens is 149 g/mol. The molecule has 1 heterocycles. The smallest absolute Gasteiger partial charge is 0.320 e. The summed E-state index contributed by atoms with van der Waals surface area (Å²) in [5.74, 6) is -0.693. The summed E-state index contributed by atoms with van der Waals surface area (Å²) in [5.41, 5.74) is 5.40. The number of pyridine rings is 1. The number of nitrogens with one attached hydrogen (secondary N) is 1. The summed E-state index contributed by atoms with van der Waals surface area (Å²) < 4.78 is 12.9. The maximum atomic E-state index is 12.5. The predicted molar refractivity (Wildman–Crippen MR) is 36.1 cm³/mol. The minimum absolute atomic E-state index is 0.0543. The van der Waals surface area contributed by atoms with Gasteiger partial charge in [0.25, 0.3) is 0 Å². The number of nitrogens with zero attached hydrogens (tertiary/aromatic N) is 1. The molecule has 1 aromatic heterocycles. The molecule has 58 valence electrons. The lowest BCUT2D eigenvalue weighted by molar-refractivity contribution is -0.894. The lowest BCUT2D eigenvalue weighted by Gasteiger charge is -1.95. The van der Waals surface area contributed by atoms with Crippen molar-refractivity contribution in [3.05, 3.63) is 23.6 Å². The highest BCUT2D eigenvalue weighted by atomic mass is 19.1. The number of nitrogens with two attached hydrogens (primary N) is 1. The molecule has 0 saturated heterocycles. The van der Waals surface area contributed by atoms with Gasteiger partial charge in [-0.1, -0.05) is 0 Å². The Kier molecular flexibility index (Phi) is 1.72. The zero-order chi connectivity index (χ0) is 8.43. The fourth-order valence-corrected chi connectivity index (χ4v) is 0.694. The second-order valence-electron chi connectivity index (χ2n) is 1.99. The summed E-state index contributed by atoms with van der Waals surface area (Å²) in [4.78, 5) is 0. The fourth-order valence-electron chi connectivity index (χ4n) is 0.694. The summed E-state index contributed by atoms with van der Waals surface area (Å²) in [7, 11) is 0. The van der Waals surface area contributed by atoms with E-state index in [9.17, 15) is 4.39 Å². The normalized spacial score (nSPS) is 9.55. The Balaban J connectivity index is 3.35. The fraction of sp³-hybridized carbons (Fsp3) is 0. The maximum Gasteiger partial charge on any atom is 0.320 e. The molecule has 11 heavy (non-hydrogen) atoms. The van der Waals surface area contributed by atoms with Crippen molar-refractivity contribution in [3.63, 3.8) is 0 Å². The molecule has 0 spiro atoms. The van der Waals surface area contributed by atoms with E-state index in [0.29, 0.717) is 4.73 Å². The highest BCUT2D eigenvalue weighted by Crippen LogP contribution is 2.03. The second-order valence-corrected chi connectivity index (χ2v) is 1.99. The van der Waals surface area contributed by atoms with Gasteiger partial charge in [-0.05, 0) is 10.8 Å². The molecule has 0 fully saturated rings. The minimum atomic E-state index is -0.639. The van der Waals surface area contributed by atoms with Crippen LogP contribution in [0.25, 0.3) is 0 Å². The average Bonchev–Trinajstić information content (AvgIpc) is 1.96. The number of hydrogen-bond donors (Lipinski definition) is 3. The third-order valence-electron chi connectivity index (χ3n) is 1.24. The first-order valence-corrected chi connectivity index (χ1v) is 2.85. The van der Waals surface area contributed by atoms with E-state index in [-0.39, 0.29) is 11.4 Å².